The monoisotopic (exact) mass is 730 g/mol. The summed E-state index contributed by atoms with van der Waals surface area (Å²) in [5, 5.41) is 2.09. The van der Waals surface area contributed by atoms with Crippen molar-refractivity contribution >= 4 is 38.8 Å². The van der Waals surface area contributed by atoms with Crippen molar-refractivity contribution in [2.45, 2.75) is 135 Å². The highest BCUT2D eigenvalue weighted by atomic mass is 28.4. The third-order valence-corrected chi connectivity index (χ3v) is 20.1. The Labute approximate surface area is 310 Å². The van der Waals surface area contributed by atoms with Gasteiger partial charge < -0.3 is 18.3 Å². The summed E-state index contributed by atoms with van der Waals surface area (Å²) >= 11 is 0. The van der Waals surface area contributed by atoms with Crippen LogP contribution in [0.4, 0.5) is 0 Å². The fourth-order valence-corrected chi connectivity index (χ4v) is 12.8. The summed E-state index contributed by atoms with van der Waals surface area (Å²) in [5.74, 6) is -0.0184. The molecule has 2 aromatic rings. The quantitative estimate of drug-likeness (QED) is 0.161. The predicted molar refractivity (Wildman–Crippen MR) is 213 cm³/mol. The van der Waals surface area contributed by atoms with Crippen LogP contribution in [0.1, 0.15) is 87.0 Å². The van der Waals surface area contributed by atoms with Crippen LogP contribution >= 0.6 is 0 Å². The van der Waals surface area contributed by atoms with E-state index in [0.717, 1.165) is 12.8 Å². The second kappa shape index (κ2) is 17.8. The molecule has 2 aromatic carbocycles. The van der Waals surface area contributed by atoms with Crippen LogP contribution in [-0.4, -0.2) is 59.4 Å². The molecule has 0 aromatic heterocycles. The highest BCUT2D eigenvalue weighted by Crippen LogP contribution is 2.39. The first kappa shape index (κ1) is 40.9. The minimum atomic E-state index is -2.88. The van der Waals surface area contributed by atoms with E-state index in [1.807, 2.05) is 30.4 Å². The first-order valence-corrected chi connectivity index (χ1v) is 23.6. The molecule has 0 spiro atoms. The first-order chi connectivity index (χ1) is 24.0. The molecule has 51 heavy (non-hydrogen) atoms. The number of rotatable bonds is 7. The Morgan fingerprint density at radius 1 is 0.765 bits per heavy atom. The smallest absolute Gasteiger partial charge is 0.330 e. The Morgan fingerprint density at radius 2 is 1.37 bits per heavy atom. The van der Waals surface area contributed by atoms with Gasteiger partial charge in [-0.15, -0.1) is 0 Å². The number of ketones is 1. The number of cyclic esters (lactones) is 1. The number of carbonyl (C=O) groups excluding carboxylic acids is 2. The zero-order valence-corrected chi connectivity index (χ0v) is 34.5. The van der Waals surface area contributed by atoms with Crippen LogP contribution in [0.25, 0.3) is 0 Å². The van der Waals surface area contributed by atoms with E-state index in [4.69, 9.17) is 18.3 Å². The van der Waals surface area contributed by atoms with Crippen molar-refractivity contribution in [2.24, 2.45) is 5.92 Å². The largest absolute Gasteiger partial charge is 0.456 e. The number of Topliss-reactive ketones (excluding diaryl/α,β-unsaturated/α-hetero) is 1. The molecule has 2 heterocycles. The molecule has 2 aliphatic heterocycles. The number of carbonyl (C=O) groups is 2. The summed E-state index contributed by atoms with van der Waals surface area (Å²) in [6.45, 7) is 20.2. The Bertz CT molecular complexity index is 1460. The molecule has 4 rings (SSSR count). The second-order valence-corrected chi connectivity index (χ2v) is 26.1. The Balaban J connectivity index is 1.69. The van der Waals surface area contributed by atoms with E-state index < -0.39 is 28.7 Å². The van der Waals surface area contributed by atoms with Crippen LogP contribution in [0.2, 0.25) is 23.2 Å². The fourth-order valence-electron chi connectivity index (χ4n) is 6.96. The lowest BCUT2D eigenvalue weighted by atomic mass is 9.93. The summed E-state index contributed by atoms with van der Waals surface area (Å²) in [6, 6.07) is 21.0. The maximum absolute atomic E-state index is 13.5. The molecule has 0 saturated carbocycles. The summed E-state index contributed by atoms with van der Waals surface area (Å²) in [5.41, 5.74) is 0. The molecule has 0 aliphatic carbocycles. The van der Waals surface area contributed by atoms with Crippen molar-refractivity contribution < 1.29 is 27.9 Å². The number of ether oxygens (including phenoxy) is 2. The lowest BCUT2D eigenvalue weighted by Gasteiger charge is -2.43. The molecule has 0 N–H and O–H groups in total. The van der Waals surface area contributed by atoms with Crippen molar-refractivity contribution in [1.29, 1.82) is 0 Å². The molecule has 5 atom stereocenters. The van der Waals surface area contributed by atoms with Crippen LogP contribution in [-0.2, 0) is 27.9 Å². The minimum Gasteiger partial charge on any atom is -0.456 e. The fraction of sp³-hybridized carbons (Fsp3) is 0.535. The first-order valence-electron chi connectivity index (χ1n) is 18.8. The molecule has 0 amide bonds. The van der Waals surface area contributed by atoms with Gasteiger partial charge in [0, 0.05) is 25.3 Å². The van der Waals surface area contributed by atoms with Crippen molar-refractivity contribution in [2.75, 3.05) is 6.61 Å². The van der Waals surface area contributed by atoms with Crippen molar-refractivity contribution in [3.05, 3.63) is 97.1 Å². The van der Waals surface area contributed by atoms with E-state index in [1.165, 1.54) is 16.4 Å². The normalized spacial score (nSPS) is 26.1. The van der Waals surface area contributed by atoms with Crippen LogP contribution in [0.5, 0.6) is 0 Å². The molecular weight excluding hydrogens is 669 g/mol. The Morgan fingerprint density at radius 3 is 1.96 bits per heavy atom. The van der Waals surface area contributed by atoms with Crippen LogP contribution < -0.4 is 10.4 Å². The number of hydrogen-bond donors (Lipinski definition) is 0. The van der Waals surface area contributed by atoms with Crippen molar-refractivity contribution in [3.8, 4) is 0 Å². The van der Waals surface area contributed by atoms with Crippen LogP contribution in [0.15, 0.2) is 97.1 Å². The molecule has 0 saturated heterocycles. The molecule has 8 heteroatoms. The predicted octanol–water partition coefficient (Wildman–Crippen LogP) is 8.86. The van der Waals surface area contributed by atoms with Gasteiger partial charge in [0.25, 0.3) is 8.32 Å². The van der Waals surface area contributed by atoms with E-state index >= 15 is 0 Å². The molecule has 278 valence electrons. The lowest BCUT2D eigenvalue weighted by Crippen LogP contribution is -2.67. The molecule has 6 nitrogen and oxygen atoms in total. The van der Waals surface area contributed by atoms with Gasteiger partial charge in [0.05, 0.1) is 24.9 Å². The highest BCUT2D eigenvalue weighted by Gasteiger charge is 2.50. The lowest BCUT2D eigenvalue weighted by molar-refractivity contribution is -0.144. The van der Waals surface area contributed by atoms with Gasteiger partial charge in [0.2, 0.25) is 0 Å². The third kappa shape index (κ3) is 11.3. The Hall–Kier alpha value is -2.89. The van der Waals surface area contributed by atoms with Crippen molar-refractivity contribution in [3.63, 3.8) is 0 Å². The second-order valence-electron chi connectivity index (χ2n) is 17.0. The summed E-state index contributed by atoms with van der Waals surface area (Å²) in [6.07, 6.45) is 14.1. The summed E-state index contributed by atoms with van der Waals surface area (Å²) < 4.78 is 26.6. The summed E-state index contributed by atoms with van der Waals surface area (Å²) in [7, 11) is -5.08. The Kier molecular flexibility index (Phi) is 14.2. The number of fused-ring (bicyclic) bond motifs is 2. The number of benzene rings is 2. The zero-order chi connectivity index (χ0) is 37.3. The number of esters is 1. The van der Waals surface area contributed by atoms with Gasteiger partial charge in [-0.2, -0.15) is 0 Å². The van der Waals surface area contributed by atoms with Gasteiger partial charge in [-0.1, -0.05) is 140 Å². The summed E-state index contributed by atoms with van der Waals surface area (Å²) in [4.78, 5) is 26.9. The molecule has 0 unspecified atom stereocenters. The SMILES string of the molecule is C[C@H]1CC(=O)C[C@H](O[Si](C)(C)C(C)(C)C)/C=C/C[C@@H](CO[Si](c2ccccc2)(c2ccccc2)C(C)(C)C)OC(=O)/C=C\C[C@@H]2C=CC[C@@H](C1)O2. The zero-order valence-electron chi connectivity index (χ0n) is 32.5. The highest BCUT2D eigenvalue weighted by molar-refractivity contribution is 6.99. The molecule has 2 bridgehead atoms. The van der Waals surface area contributed by atoms with Crippen LogP contribution in [0, 0.1) is 5.92 Å². The average Bonchev–Trinajstić information content (AvgIpc) is 3.04. The number of hydrogen-bond acceptors (Lipinski definition) is 6. The van der Waals surface area contributed by atoms with E-state index in [2.05, 4.69) is 122 Å². The van der Waals surface area contributed by atoms with E-state index in [-0.39, 0.29) is 46.7 Å². The minimum absolute atomic E-state index is 0.0143. The van der Waals surface area contributed by atoms with E-state index in [0.29, 0.717) is 25.7 Å². The maximum Gasteiger partial charge on any atom is 0.330 e. The molecule has 0 fully saturated rings. The van der Waals surface area contributed by atoms with Gasteiger partial charge >= 0.3 is 5.97 Å². The van der Waals surface area contributed by atoms with Gasteiger partial charge in [0.15, 0.2) is 8.32 Å². The maximum atomic E-state index is 13.5. The van der Waals surface area contributed by atoms with Crippen LogP contribution in [0.3, 0.4) is 0 Å². The van der Waals surface area contributed by atoms with Gasteiger partial charge in [-0.3, -0.25) is 4.79 Å². The van der Waals surface area contributed by atoms with Gasteiger partial charge in [0.1, 0.15) is 11.9 Å². The standard InChI is InChI=1S/C43H62O6Si2/c1-33-29-34(44)31-37(49-50(8,9)42(2,3)4)22-17-23-38(48-41(45)28-18-20-35-19-16-21-36(30-33)47-35)32-46-51(43(5,6)7,39-24-12-10-13-25-39)40-26-14-11-15-27-40/h10-19,22,24-28,33,35-38H,20-21,23,29-32H2,1-9H3/b22-17+,28-18-/t33-,35-,36-,37+,38-/m0/s1. The molecule has 2 aliphatic rings. The molecular formula is C43H62O6Si2. The van der Waals surface area contributed by atoms with Crippen molar-refractivity contribution in [1.82, 2.24) is 0 Å². The topological polar surface area (TPSA) is 71.1 Å². The average molecular weight is 731 g/mol. The van der Waals surface area contributed by atoms with Gasteiger partial charge in [-0.25, -0.2) is 4.79 Å². The van der Waals surface area contributed by atoms with E-state index in [9.17, 15) is 9.59 Å². The third-order valence-electron chi connectivity index (χ3n) is 10.6. The van der Waals surface area contributed by atoms with E-state index in [1.54, 1.807) is 0 Å². The molecule has 0 radical (unpaired) electrons. The van der Waals surface area contributed by atoms with Gasteiger partial charge in [-0.05, 0) is 58.7 Å².